The largest absolute Gasteiger partial charge is 0.433 e. The summed E-state index contributed by atoms with van der Waals surface area (Å²) in [6.07, 6.45) is -3.68. The van der Waals surface area contributed by atoms with E-state index >= 15 is 0 Å². The number of pyridine rings is 1. The molecule has 0 saturated carbocycles. The molecule has 0 saturated heterocycles. The van der Waals surface area contributed by atoms with Crippen molar-refractivity contribution in [2.24, 2.45) is 11.7 Å². The molecule has 0 atom stereocenters. The van der Waals surface area contributed by atoms with E-state index in [0.29, 0.717) is 31.4 Å². The van der Waals surface area contributed by atoms with Crippen LogP contribution in [0.4, 0.5) is 19.0 Å². The number of hydrogen-bond acceptors (Lipinski definition) is 3. The lowest BCUT2D eigenvalue weighted by Gasteiger charge is -2.26. The minimum atomic E-state index is -4.41. The lowest BCUT2D eigenvalue weighted by Crippen LogP contribution is -2.31. The highest BCUT2D eigenvalue weighted by Crippen LogP contribution is 2.29. The molecule has 0 aromatic carbocycles. The van der Waals surface area contributed by atoms with Crippen LogP contribution in [0.15, 0.2) is 18.2 Å². The molecular formula is C13H20F3N3. The minimum absolute atomic E-state index is 0.342. The molecule has 1 aromatic rings. The van der Waals surface area contributed by atoms with Gasteiger partial charge in [0.25, 0.3) is 0 Å². The van der Waals surface area contributed by atoms with Gasteiger partial charge in [0, 0.05) is 13.1 Å². The van der Waals surface area contributed by atoms with E-state index in [1.54, 1.807) is 6.07 Å². The summed E-state index contributed by atoms with van der Waals surface area (Å²) in [5.41, 5.74) is 4.60. The third-order valence-corrected chi connectivity index (χ3v) is 2.57. The van der Waals surface area contributed by atoms with Crippen LogP contribution in [0.3, 0.4) is 0 Å². The summed E-state index contributed by atoms with van der Waals surface area (Å²) in [6.45, 7) is 5.82. The molecule has 6 heteroatoms. The van der Waals surface area contributed by atoms with Gasteiger partial charge in [-0.25, -0.2) is 4.98 Å². The van der Waals surface area contributed by atoms with Crippen molar-refractivity contribution >= 4 is 5.82 Å². The normalized spacial score (nSPS) is 11.9. The van der Waals surface area contributed by atoms with Crippen molar-refractivity contribution in [3.05, 3.63) is 23.9 Å². The van der Waals surface area contributed by atoms with Crippen molar-refractivity contribution in [2.45, 2.75) is 26.4 Å². The first-order valence-electron chi connectivity index (χ1n) is 6.34. The number of hydrogen-bond donors (Lipinski definition) is 1. The minimum Gasteiger partial charge on any atom is -0.356 e. The Bertz CT molecular complexity index is 391. The van der Waals surface area contributed by atoms with Gasteiger partial charge in [-0.1, -0.05) is 19.9 Å². The first-order chi connectivity index (χ1) is 8.84. The number of anilines is 1. The highest BCUT2D eigenvalue weighted by Gasteiger charge is 2.32. The Balaban J connectivity index is 2.94. The summed E-state index contributed by atoms with van der Waals surface area (Å²) < 4.78 is 37.9. The lowest BCUT2D eigenvalue weighted by molar-refractivity contribution is -0.141. The molecule has 1 aromatic heterocycles. The van der Waals surface area contributed by atoms with Crippen molar-refractivity contribution < 1.29 is 13.2 Å². The van der Waals surface area contributed by atoms with E-state index in [1.165, 1.54) is 6.07 Å². The van der Waals surface area contributed by atoms with Gasteiger partial charge >= 0.3 is 6.18 Å². The summed E-state index contributed by atoms with van der Waals surface area (Å²) in [5.74, 6) is 0.700. The van der Waals surface area contributed by atoms with Crippen LogP contribution in [0.5, 0.6) is 0 Å². The number of aromatic nitrogens is 1. The average molecular weight is 275 g/mol. The van der Waals surface area contributed by atoms with Crippen molar-refractivity contribution in [3.63, 3.8) is 0 Å². The zero-order valence-corrected chi connectivity index (χ0v) is 11.2. The van der Waals surface area contributed by atoms with Crippen molar-refractivity contribution in [2.75, 3.05) is 24.5 Å². The molecule has 19 heavy (non-hydrogen) atoms. The molecule has 0 bridgehead atoms. The van der Waals surface area contributed by atoms with E-state index in [4.69, 9.17) is 5.73 Å². The molecule has 0 aliphatic carbocycles. The van der Waals surface area contributed by atoms with Gasteiger partial charge in [-0.3, -0.25) is 0 Å². The summed E-state index contributed by atoms with van der Waals surface area (Å²) >= 11 is 0. The number of halogens is 3. The van der Waals surface area contributed by atoms with Gasteiger partial charge in [0.2, 0.25) is 0 Å². The van der Waals surface area contributed by atoms with Gasteiger partial charge in [-0.2, -0.15) is 13.2 Å². The van der Waals surface area contributed by atoms with E-state index in [0.717, 1.165) is 12.5 Å². The molecule has 108 valence electrons. The molecule has 1 rings (SSSR count). The van der Waals surface area contributed by atoms with E-state index in [-0.39, 0.29) is 0 Å². The van der Waals surface area contributed by atoms with Gasteiger partial charge in [0.15, 0.2) is 0 Å². The molecule has 0 amide bonds. The Hall–Kier alpha value is -1.30. The van der Waals surface area contributed by atoms with Gasteiger partial charge < -0.3 is 10.6 Å². The van der Waals surface area contributed by atoms with Gasteiger partial charge in [-0.05, 0) is 31.0 Å². The number of rotatable bonds is 6. The standard InChI is InChI=1S/C13H20F3N3/c1-10(2)9-19(8-4-7-17)12-6-3-5-11(18-12)13(14,15)16/h3,5-6,10H,4,7-9,17H2,1-2H3. The number of nitrogens with two attached hydrogens (primary N) is 1. The monoisotopic (exact) mass is 275 g/mol. The second kappa shape index (κ2) is 6.75. The van der Waals surface area contributed by atoms with E-state index in [2.05, 4.69) is 4.98 Å². The van der Waals surface area contributed by atoms with Crippen molar-refractivity contribution in [1.29, 1.82) is 0 Å². The smallest absolute Gasteiger partial charge is 0.356 e. The third-order valence-electron chi connectivity index (χ3n) is 2.57. The fourth-order valence-corrected chi connectivity index (χ4v) is 1.78. The first kappa shape index (κ1) is 15.8. The second-order valence-corrected chi connectivity index (χ2v) is 4.86. The number of alkyl halides is 3. The predicted molar refractivity (Wildman–Crippen MR) is 70.0 cm³/mol. The quantitative estimate of drug-likeness (QED) is 0.868. The van der Waals surface area contributed by atoms with Crippen LogP contribution in [-0.2, 0) is 6.18 Å². The molecule has 0 spiro atoms. The Kier molecular flexibility index (Phi) is 5.60. The Morgan fingerprint density at radius 3 is 2.53 bits per heavy atom. The first-order valence-corrected chi connectivity index (χ1v) is 6.34. The molecule has 1 heterocycles. The van der Waals surface area contributed by atoms with Crippen LogP contribution in [0.1, 0.15) is 26.0 Å². The molecule has 0 aliphatic heterocycles. The van der Waals surface area contributed by atoms with Gasteiger partial charge in [0.05, 0.1) is 0 Å². The van der Waals surface area contributed by atoms with Crippen LogP contribution in [0.2, 0.25) is 0 Å². The SMILES string of the molecule is CC(C)CN(CCCN)c1cccc(C(F)(F)F)n1. The summed E-state index contributed by atoms with van der Waals surface area (Å²) in [7, 11) is 0. The highest BCUT2D eigenvalue weighted by atomic mass is 19.4. The van der Waals surface area contributed by atoms with Crippen LogP contribution in [0.25, 0.3) is 0 Å². The zero-order valence-electron chi connectivity index (χ0n) is 11.2. The van der Waals surface area contributed by atoms with Crippen LogP contribution >= 0.6 is 0 Å². The maximum Gasteiger partial charge on any atom is 0.433 e. The van der Waals surface area contributed by atoms with Crippen molar-refractivity contribution in [3.8, 4) is 0 Å². The summed E-state index contributed by atoms with van der Waals surface area (Å²) in [4.78, 5) is 5.56. The average Bonchev–Trinajstić information content (AvgIpc) is 2.33. The van der Waals surface area contributed by atoms with Crippen LogP contribution < -0.4 is 10.6 Å². The van der Waals surface area contributed by atoms with E-state index < -0.39 is 11.9 Å². The van der Waals surface area contributed by atoms with Crippen molar-refractivity contribution in [1.82, 2.24) is 4.98 Å². The Morgan fingerprint density at radius 2 is 2.00 bits per heavy atom. The molecule has 0 radical (unpaired) electrons. The molecule has 0 aliphatic rings. The highest BCUT2D eigenvalue weighted by molar-refractivity contribution is 5.39. The topological polar surface area (TPSA) is 42.1 Å². The maximum atomic E-state index is 12.6. The van der Waals surface area contributed by atoms with E-state index in [1.807, 2.05) is 18.7 Å². The fourth-order valence-electron chi connectivity index (χ4n) is 1.78. The molecular weight excluding hydrogens is 255 g/mol. The lowest BCUT2D eigenvalue weighted by atomic mass is 10.2. The Morgan fingerprint density at radius 1 is 1.32 bits per heavy atom. The summed E-state index contributed by atoms with van der Waals surface area (Å²) in [6, 6.07) is 3.98. The van der Waals surface area contributed by atoms with E-state index in [9.17, 15) is 13.2 Å². The van der Waals surface area contributed by atoms with Gasteiger partial charge in [0.1, 0.15) is 11.5 Å². The second-order valence-electron chi connectivity index (χ2n) is 4.86. The van der Waals surface area contributed by atoms with Crippen LogP contribution in [0, 0.1) is 5.92 Å². The fraction of sp³-hybridized carbons (Fsp3) is 0.615. The molecule has 2 N–H and O–H groups in total. The molecule has 0 unspecified atom stereocenters. The number of nitrogens with zero attached hydrogens (tertiary/aromatic N) is 2. The molecule has 0 fully saturated rings. The van der Waals surface area contributed by atoms with Gasteiger partial charge in [-0.15, -0.1) is 0 Å². The molecule has 3 nitrogen and oxygen atoms in total. The maximum absolute atomic E-state index is 12.6. The third kappa shape index (κ3) is 5.06. The van der Waals surface area contributed by atoms with Crippen LogP contribution in [-0.4, -0.2) is 24.6 Å². The Labute approximate surface area is 111 Å². The zero-order chi connectivity index (χ0) is 14.5. The predicted octanol–water partition coefficient (Wildman–Crippen LogP) is 2.91. The summed E-state index contributed by atoms with van der Waals surface area (Å²) in [5, 5.41) is 0.